The van der Waals surface area contributed by atoms with Crippen molar-refractivity contribution in [3.8, 4) is 11.3 Å². The van der Waals surface area contributed by atoms with E-state index in [-0.39, 0.29) is 11.1 Å². The van der Waals surface area contributed by atoms with Crippen LogP contribution in [-0.4, -0.2) is 44.7 Å². The Kier molecular flexibility index (Phi) is 7.51. The van der Waals surface area contributed by atoms with Gasteiger partial charge in [-0.05, 0) is 73.2 Å². The summed E-state index contributed by atoms with van der Waals surface area (Å²) < 4.78 is 0. The quantitative estimate of drug-likeness (QED) is 0.384. The Balaban J connectivity index is 1.07. The molecule has 1 aliphatic carbocycles. The number of amides is 2. The van der Waals surface area contributed by atoms with Crippen molar-refractivity contribution in [2.45, 2.75) is 44.2 Å². The number of hydrogen-bond acceptors (Lipinski definition) is 9. The first kappa shape index (κ1) is 23.7. The molecule has 0 atom stereocenters. The van der Waals surface area contributed by atoms with Crippen molar-refractivity contribution < 1.29 is 9.59 Å². The molecule has 3 aromatic heterocycles. The second-order valence-electron chi connectivity index (χ2n) is 8.58. The monoisotopic (exact) mass is 506 g/mol. The van der Waals surface area contributed by atoms with Crippen LogP contribution in [0.4, 0.5) is 10.7 Å². The van der Waals surface area contributed by atoms with Crippen LogP contribution in [0.1, 0.15) is 37.1 Å². The van der Waals surface area contributed by atoms with Gasteiger partial charge in [0.2, 0.25) is 5.95 Å². The van der Waals surface area contributed by atoms with Crippen molar-refractivity contribution in [1.82, 2.24) is 25.6 Å². The van der Waals surface area contributed by atoms with Gasteiger partial charge in [0.05, 0.1) is 16.3 Å². The van der Waals surface area contributed by atoms with E-state index in [1.807, 2.05) is 0 Å². The van der Waals surface area contributed by atoms with Gasteiger partial charge in [0.15, 0.2) is 0 Å². The molecule has 0 spiro atoms. The Morgan fingerprint density at radius 3 is 2.69 bits per heavy atom. The Bertz CT molecular complexity index is 1220. The van der Waals surface area contributed by atoms with Crippen LogP contribution < -0.4 is 16.0 Å². The Labute approximate surface area is 212 Å². The number of thioether (sulfide) groups is 1. The predicted molar refractivity (Wildman–Crippen MR) is 140 cm³/mol. The third kappa shape index (κ3) is 6.33. The maximum Gasteiger partial charge on any atom is 0.290 e. The normalized spacial score (nSPS) is 21.3. The lowest BCUT2D eigenvalue weighted by atomic mass is 9.91. The molecular weight excluding hydrogens is 480 g/mol. The number of anilines is 1. The summed E-state index contributed by atoms with van der Waals surface area (Å²) in [6.07, 6.45) is 8.43. The molecular formula is C25H26N6O2S2. The lowest BCUT2D eigenvalue weighted by molar-refractivity contribution is -0.115. The number of carbonyl (C=O) groups excluding carboxylic acids is 2. The lowest BCUT2D eigenvalue weighted by Gasteiger charge is -2.29. The van der Waals surface area contributed by atoms with Crippen LogP contribution in [0.3, 0.4) is 0 Å². The maximum absolute atomic E-state index is 11.8. The zero-order valence-electron chi connectivity index (χ0n) is 19.1. The highest BCUT2D eigenvalue weighted by Crippen LogP contribution is 2.26. The van der Waals surface area contributed by atoms with Gasteiger partial charge in [0.25, 0.3) is 11.1 Å². The van der Waals surface area contributed by atoms with Crippen LogP contribution in [0.2, 0.25) is 0 Å². The second kappa shape index (κ2) is 11.1. The molecule has 2 aliphatic rings. The van der Waals surface area contributed by atoms with Gasteiger partial charge in [-0.25, -0.2) is 9.97 Å². The van der Waals surface area contributed by atoms with E-state index in [1.165, 1.54) is 5.56 Å². The van der Waals surface area contributed by atoms with Gasteiger partial charge in [0, 0.05) is 47.9 Å². The number of nitrogens with one attached hydrogen (secondary N) is 3. The lowest BCUT2D eigenvalue weighted by Crippen LogP contribution is -2.38. The van der Waals surface area contributed by atoms with Crippen LogP contribution in [0.25, 0.3) is 17.3 Å². The van der Waals surface area contributed by atoms with E-state index in [0.717, 1.165) is 61.8 Å². The van der Waals surface area contributed by atoms with Gasteiger partial charge in [0.1, 0.15) is 0 Å². The molecule has 8 nitrogen and oxygen atoms in total. The average Bonchev–Trinajstić information content (AvgIpc) is 3.51. The molecule has 10 heteroatoms. The number of nitrogens with zero attached hydrogens (tertiary/aromatic N) is 3. The summed E-state index contributed by atoms with van der Waals surface area (Å²) >= 11 is 2.58. The summed E-state index contributed by atoms with van der Waals surface area (Å²) in [5.41, 5.74) is 3.93. The average molecular weight is 507 g/mol. The van der Waals surface area contributed by atoms with Crippen LogP contribution in [0.15, 0.2) is 52.2 Å². The summed E-state index contributed by atoms with van der Waals surface area (Å²) in [5.74, 6) is 0.159. The van der Waals surface area contributed by atoms with E-state index in [1.54, 1.807) is 29.7 Å². The summed E-state index contributed by atoms with van der Waals surface area (Å²) in [5, 5.41) is 13.2. The fraction of sp³-hybridized carbons (Fsp3) is 0.320. The van der Waals surface area contributed by atoms with Crippen molar-refractivity contribution >= 4 is 46.3 Å². The molecule has 1 aliphatic heterocycles. The Morgan fingerprint density at radius 1 is 1.06 bits per heavy atom. The van der Waals surface area contributed by atoms with E-state index in [0.29, 0.717) is 28.6 Å². The van der Waals surface area contributed by atoms with Gasteiger partial charge in [-0.15, -0.1) is 0 Å². The first-order valence-corrected chi connectivity index (χ1v) is 13.4. The Hall–Kier alpha value is -3.08. The number of carbonyl (C=O) groups is 2. The molecule has 0 unspecified atom stereocenters. The van der Waals surface area contributed by atoms with Crippen LogP contribution in [0.5, 0.6) is 0 Å². The molecule has 3 aromatic rings. The molecule has 0 aromatic carbocycles. The highest BCUT2D eigenvalue weighted by atomic mass is 32.2. The number of aromatic nitrogens is 3. The van der Waals surface area contributed by atoms with Crippen molar-refractivity contribution in [1.29, 1.82) is 0 Å². The number of hydrogen-bond donors (Lipinski definition) is 3. The third-order valence-electron chi connectivity index (χ3n) is 6.10. The molecule has 5 rings (SSSR count). The minimum absolute atomic E-state index is 0.311. The van der Waals surface area contributed by atoms with Crippen molar-refractivity contribution in [3.05, 3.63) is 63.6 Å². The van der Waals surface area contributed by atoms with Crippen molar-refractivity contribution in [2.75, 3.05) is 11.9 Å². The maximum atomic E-state index is 11.8. The standard InChI is InChI=1S/C25H26N6O2S2/c32-23-22(35-25(33)31-23)14-20-9-12-27-24(30-20)29-19-6-4-17(5-7-19)26-11-8-18-2-1-3-21(28-18)16-10-13-34-15-16/h1-3,9-10,12-15,17,19,26H,4-8,11H2,(H,27,29,30)(H,31,32,33)/b22-14-. The fourth-order valence-electron chi connectivity index (χ4n) is 4.30. The summed E-state index contributed by atoms with van der Waals surface area (Å²) in [6, 6.07) is 10.9. The topological polar surface area (TPSA) is 109 Å². The van der Waals surface area contributed by atoms with E-state index >= 15 is 0 Å². The smallest absolute Gasteiger partial charge is 0.290 e. The molecule has 4 heterocycles. The Morgan fingerprint density at radius 2 is 1.91 bits per heavy atom. The summed E-state index contributed by atoms with van der Waals surface area (Å²) in [4.78, 5) is 37.1. The largest absolute Gasteiger partial charge is 0.351 e. The van der Waals surface area contributed by atoms with Gasteiger partial charge < -0.3 is 10.6 Å². The molecule has 0 radical (unpaired) electrons. The van der Waals surface area contributed by atoms with Crippen molar-refractivity contribution in [3.63, 3.8) is 0 Å². The molecule has 2 amide bonds. The highest BCUT2D eigenvalue weighted by Gasteiger charge is 2.25. The van der Waals surface area contributed by atoms with Crippen LogP contribution >= 0.6 is 23.1 Å². The van der Waals surface area contributed by atoms with Gasteiger partial charge in [-0.3, -0.25) is 19.9 Å². The molecule has 35 heavy (non-hydrogen) atoms. The second-order valence-corrected chi connectivity index (χ2v) is 10.4. The summed E-state index contributed by atoms with van der Waals surface area (Å²) in [7, 11) is 0. The zero-order valence-corrected chi connectivity index (χ0v) is 20.7. The van der Waals surface area contributed by atoms with E-state index < -0.39 is 0 Å². The molecule has 1 saturated carbocycles. The van der Waals surface area contributed by atoms with Crippen LogP contribution in [-0.2, 0) is 11.2 Å². The minimum Gasteiger partial charge on any atom is -0.351 e. The molecule has 1 saturated heterocycles. The SMILES string of the molecule is O=C1NC(=O)/C(=C/c2ccnc(NC3CCC(NCCc4cccc(-c5ccsc5)n4)CC3)n2)S1. The molecule has 0 bridgehead atoms. The van der Waals surface area contributed by atoms with Crippen molar-refractivity contribution in [2.24, 2.45) is 0 Å². The van der Waals surface area contributed by atoms with E-state index in [4.69, 9.17) is 4.98 Å². The fourth-order valence-corrected chi connectivity index (χ4v) is 5.61. The first-order valence-electron chi connectivity index (χ1n) is 11.7. The zero-order chi connectivity index (χ0) is 24.0. The summed E-state index contributed by atoms with van der Waals surface area (Å²) in [6.45, 7) is 0.913. The molecule has 3 N–H and O–H groups in total. The number of rotatable bonds is 8. The van der Waals surface area contributed by atoms with Crippen LogP contribution in [0, 0.1) is 0 Å². The molecule has 180 valence electrons. The first-order chi connectivity index (χ1) is 17.1. The van der Waals surface area contributed by atoms with E-state index in [2.05, 4.69) is 60.9 Å². The number of pyridine rings is 1. The predicted octanol–water partition coefficient (Wildman–Crippen LogP) is 4.48. The minimum atomic E-state index is -0.384. The van der Waals surface area contributed by atoms with E-state index in [9.17, 15) is 9.59 Å². The van der Waals surface area contributed by atoms with Gasteiger partial charge in [-0.2, -0.15) is 11.3 Å². The molecule has 2 fully saturated rings. The van der Waals surface area contributed by atoms with Gasteiger partial charge >= 0.3 is 0 Å². The number of thiophene rings is 1. The highest BCUT2D eigenvalue weighted by molar-refractivity contribution is 8.18. The third-order valence-corrected chi connectivity index (χ3v) is 7.59. The van der Waals surface area contributed by atoms with Gasteiger partial charge in [-0.1, -0.05) is 6.07 Å². The number of imide groups is 1.